The summed E-state index contributed by atoms with van der Waals surface area (Å²) in [7, 11) is 3.35. The number of rotatable bonds is 4. The van der Waals surface area contributed by atoms with Gasteiger partial charge in [-0.05, 0) is 24.3 Å². The van der Waals surface area contributed by atoms with Crippen LogP contribution in [0.5, 0.6) is 0 Å². The summed E-state index contributed by atoms with van der Waals surface area (Å²) in [6.07, 6.45) is 0. The third-order valence-corrected chi connectivity index (χ3v) is 2.15. The number of carbonyl (C=O) groups is 1. The molecule has 0 spiro atoms. The van der Waals surface area contributed by atoms with Crippen molar-refractivity contribution in [3.05, 3.63) is 0 Å². The molecular formula is C8H16N6O. The number of hydrogen-bond donors (Lipinski definition) is 2. The van der Waals surface area contributed by atoms with Crippen LogP contribution in [-0.2, 0) is 11.8 Å². The molecule has 2 N–H and O–H groups in total. The predicted molar refractivity (Wildman–Crippen MR) is 55.1 cm³/mol. The van der Waals surface area contributed by atoms with Crippen LogP contribution >= 0.6 is 0 Å². The zero-order valence-electron chi connectivity index (χ0n) is 9.40. The summed E-state index contributed by atoms with van der Waals surface area (Å²) in [5.41, 5.74) is -0.499. The van der Waals surface area contributed by atoms with Gasteiger partial charge in [-0.2, -0.15) is 0 Å². The van der Waals surface area contributed by atoms with Gasteiger partial charge in [-0.25, -0.2) is 4.68 Å². The van der Waals surface area contributed by atoms with Crippen molar-refractivity contribution < 1.29 is 4.79 Å². The Hall–Kier alpha value is -1.66. The Labute approximate surface area is 88.2 Å². The number of tetrazole rings is 1. The van der Waals surface area contributed by atoms with Gasteiger partial charge in [0.1, 0.15) is 0 Å². The maximum absolute atomic E-state index is 11.5. The van der Waals surface area contributed by atoms with E-state index >= 15 is 0 Å². The predicted octanol–water partition coefficient (Wildman–Crippen LogP) is -0.606. The Morgan fingerprint density at radius 1 is 1.53 bits per heavy atom. The Balaban J connectivity index is 2.57. The lowest BCUT2D eigenvalue weighted by molar-refractivity contribution is -0.128. The molecule has 84 valence electrons. The quantitative estimate of drug-likeness (QED) is 0.695. The van der Waals surface area contributed by atoms with E-state index in [-0.39, 0.29) is 5.91 Å². The molecule has 0 aliphatic rings. The highest BCUT2D eigenvalue weighted by Crippen LogP contribution is 2.15. The molecule has 0 aliphatic heterocycles. The zero-order valence-corrected chi connectivity index (χ0v) is 9.40. The highest BCUT2D eigenvalue weighted by atomic mass is 16.2. The van der Waals surface area contributed by atoms with Gasteiger partial charge < -0.3 is 10.6 Å². The van der Waals surface area contributed by atoms with Crippen LogP contribution in [0.15, 0.2) is 0 Å². The molecule has 0 fully saturated rings. The Morgan fingerprint density at radius 2 is 2.20 bits per heavy atom. The molecule has 1 rings (SSSR count). The number of nitrogens with one attached hydrogen (secondary N) is 2. The van der Waals surface area contributed by atoms with Gasteiger partial charge in [0.2, 0.25) is 11.9 Å². The van der Waals surface area contributed by atoms with Crippen LogP contribution in [-0.4, -0.2) is 39.7 Å². The van der Waals surface area contributed by atoms with E-state index in [9.17, 15) is 4.79 Å². The highest BCUT2D eigenvalue weighted by molar-refractivity contribution is 5.82. The minimum absolute atomic E-state index is 0.0230. The smallest absolute Gasteiger partial charge is 0.242 e. The molecule has 0 unspecified atom stereocenters. The first-order valence-corrected chi connectivity index (χ1v) is 4.66. The molecule has 0 aliphatic carbocycles. The second kappa shape index (κ2) is 4.24. The molecule has 1 amide bonds. The average molecular weight is 212 g/mol. The Kier molecular flexibility index (Phi) is 3.23. The molecule has 0 radical (unpaired) electrons. The van der Waals surface area contributed by atoms with Crippen molar-refractivity contribution in [2.45, 2.75) is 13.8 Å². The van der Waals surface area contributed by atoms with E-state index < -0.39 is 5.41 Å². The molecule has 0 atom stereocenters. The molecule has 0 bridgehead atoms. The molecule has 0 aromatic carbocycles. The van der Waals surface area contributed by atoms with Gasteiger partial charge in [-0.3, -0.25) is 4.79 Å². The highest BCUT2D eigenvalue weighted by Gasteiger charge is 2.26. The van der Waals surface area contributed by atoms with Gasteiger partial charge in [0.05, 0.1) is 5.41 Å². The number of carbonyl (C=O) groups excluding carboxylic acids is 1. The largest absolute Gasteiger partial charge is 0.359 e. The summed E-state index contributed by atoms with van der Waals surface area (Å²) in [6, 6.07) is 0. The number of aromatic nitrogens is 4. The first kappa shape index (κ1) is 11.4. The second-order valence-corrected chi connectivity index (χ2v) is 3.94. The van der Waals surface area contributed by atoms with Gasteiger partial charge in [0.25, 0.3) is 0 Å². The minimum Gasteiger partial charge on any atom is -0.359 e. The van der Waals surface area contributed by atoms with Crippen molar-refractivity contribution in [3.8, 4) is 0 Å². The molecule has 1 aromatic heterocycles. The molecule has 15 heavy (non-hydrogen) atoms. The fourth-order valence-corrected chi connectivity index (χ4v) is 1.10. The minimum atomic E-state index is -0.499. The first-order chi connectivity index (χ1) is 6.97. The number of nitrogens with zero attached hydrogens (tertiary/aromatic N) is 4. The van der Waals surface area contributed by atoms with E-state index in [0.717, 1.165) is 0 Å². The van der Waals surface area contributed by atoms with Crippen LogP contribution in [0.4, 0.5) is 5.95 Å². The van der Waals surface area contributed by atoms with Gasteiger partial charge in [-0.1, -0.05) is 5.10 Å². The third-order valence-electron chi connectivity index (χ3n) is 2.15. The number of hydrogen-bond acceptors (Lipinski definition) is 5. The van der Waals surface area contributed by atoms with E-state index in [2.05, 4.69) is 26.2 Å². The van der Waals surface area contributed by atoms with Gasteiger partial charge in [0.15, 0.2) is 0 Å². The molecule has 7 nitrogen and oxygen atoms in total. The number of aryl methyl sites for hydroxylation is 1. The van der Waals surface area contributed by atoms with E-state index in [4.69, 9.17) is 0 Å². The normalized spacial score (nSPS) is 11.2. The van der Waals surface area contributed by atoms with Gasteiger partial charge in [-0.15, -0.1) is 0 Å². The molecule has 1 aromatic rings. The SMILES string of the molecule is CNC(=O)C(C)(C)CNc1nnnn1C. The number of anilines is 1. The van der Waals surface area contributed by atoms with Crippen molar-refractivity contribution in [3.63, 3.8) is 0 Å². The van der Waals surface area contributed by atoms with Crippen LogP contribution in [0, 0.1) is 5.41 Å². The summed E-state index contributed by atoms with van der Waals surface area (Å²) in [6.45, 7) is 4.17. The van der Waals surface area contributed by atoms with Crippen molar-refractivity contribution >= 4 is 11.9 Å². The Bertz CT molecular complexity index is 345. The summed E-state index contributed by atoms with van der Waals surface area (Å²) < 4.78 is 1.51. The average Bonchev–Trinajstić information content (AvgIpc) is 2.60. The summed E-state index contributed by atoms with van der Waals surface area (Å²) in [5.74, 6) is 0.525. The lowest BCUT2D eigenvalue weighted by Crippen LogP contribution is -2.39. The van der Waals surface area contributed by atoms with Crippen molar-refractivity contribution in [2.24, 2.45) is 12.5 Å². The van der Waals surface area contributed by atoms with Crippen molar-refractivity contribution in [2.75, 3.05) is 18.9 Å². The molecule has 1 heterocycles. The van der Waals surface area contributed by atoms with Crippen LogP contribution in [0.25, 0.3) is 0 Å². The second-order valence-electron chi connectivity index (χ2n) is 3.94. The fraction of sp³-hybridized carbons (Fsp3) is 0.750. The van der Waals surface area contributed by atoms with Crippen LogP contribution < -0.4 is 10.6 Å². The molecular weight excluding hydrogens is 196 g/mol. The molecule has 7 heteroatoms. The summed E-state index contributed by atoms with van der Waals surface area (Å²) in [4.78, 5) is 11.5. The molecule has 0 saturated carbocycles. The summed E-state index contributed by atoms with van der Waals surface area (Å²) >= 11 is 0. The molecule has 0 saturated heterocycles. The standard InChI is InChI=1S/C8H16N6O/c1-8(2,6(15)9-3)5-10-7-11-12-13-14(7)4/h5H2,1-4H3,(H,9,15)(H,10,11,13). The van der Waals surface area contributed by atoms with Crippen molar-refractivity contribution in [1.82, 2.24) is 25.5 Å². The van der Waals surface area contributed by atoms with E-state index in [1.165, 1.54) is 4.68 Å². The van der Waals surface area contributed by atoms with Crippen molar-refractivity contribution in [1.29, 1.82) is 0 Å². The zero-order chi connectivity index (χ0) is 11.5. The van der Waals surface area contributed by atoms with E-state index in [1.807, 2.05) is 13.8 Å². The summed E-state index contributed by atoms with van der Waals surface area (Å²) in [5, 5.41) is 16.6. The van der Waals surface area contributed by atoms with E-state index in [1.54, 1.807) is 14.1 Å². The first-order valence-electron chi connectivity index (χ1n) is 4.66. The maximum Gasteiger partial charge on any atom is 0.242 e. The van der Waals surface area contributed by atoms with E-state index in [0.29, 0.717) is 12.5 Å². The van der Waals surface area contributed by atoms with Crippen LogP contribution in [0.3, 0.4) is 0 Å². The van der Waals surface area contributed by atoms with Crippen LogP contribution in [0.2, 0.25) is 0 Å². The van der Waals surface area contributed by atoms with Gasteiger partial charge in [0, 0.05) is 20.6 Å². The third kappa shape index (κ3) is 2.64. The fourth-order valence-electron chi connectivity index (χ4n) is 1.10. The lowest BCUT2D eigenvalue weighted by atomic mass is 9.92. The lowest BCUT2D eigenvalue weighted by Gasteiger charge is -2.22. The number of amides is 1. The van der Waals surface area contributed by atoms with Crippen LogP contribution in [0.1, 0.15) is 13.8 Å². The Morgan fingerprint density at radius 3 is 2.67 bits per heavy atom. The van der Waals surface area contributed by atoms with Gasteiger partial charge >= 0.3 is 0 Å². The maximum atomic E-state index is 11.5. The topological polar surface area (TPSA) is 84.7 Å². The monoisotopic (exact) mass is 212 g/mol.